The van der Waals surface area contributed by atoms with Crippen molar-refractivity contribution in [1.29, 1.82) is 0 Å². The van der Waals surface area contributed by atoms with Gasteiger partial charge in [-0.05, 0) is 47.9 Å². The van der Waals surface area contributed by atoms with E-state index in [0.29, 0.717) is 13.1 Å². The van der Waals surface area contributed by atoms with Gasteiger partial charge in [-0.25, -0.2) is 4.79 Å². The minimum atomic E-state index is -0.0229. The Bertz CT molecular complexity index is 731. The van der Waals surface area contributed by atoms with E-state index < -0.39 is 0 Å². The van der Waals surface area contributed by atoms with Crippen LogP contribution in [0.2, 0.25) is 0 Å². The molecule has 4 heteroatoms. The summed E-state index contributed by atoms with van der Waals surface area (Å²) in [6.45, 7) is 3.43. The first-order valence-corrected chi connectivity index (χ1v) is 8.12. The molecule has 2 amide bonds. The fourth-order valence-corrected chi connectivity index (χ4v) is 3.46. The van der Waals surface area contributed by atoms with Crippen LogP contribution in [0.5, 0.6) is 0 Å². The molecular weight excluding hydrogens is 286 g/mol. The Labute approximate surface area is 136 Å². The standard InChI is InChI=1S/C19H21N3O/c1-21-9-8-14-6-7-18(10-17(14)11-21)20-19(23)22-12-15-4-2-3-5-16(15)13-22/h2-7,10H,8-9,11-13H2,1H3,(H,20,23). The van der Waals surface area contributed by atoms with Gasteiger partial charge >= 0.3 is 6.03 Å². The third-order valence-corrected chi connectivity index (χ3v) is 4.79. The maximum Gasteiger partial charge on any atom is 0.322 e. The summed E-state index contributed by atoms with van der Waals surface area (Å²) in [4.78, 5) is 16.7. The fraction of sp³-hybridized carbons (Fsp3) is 0.316. The molecule has 0 aromatic heterocycles. The number of rotatable bonds is 1. The summed E-state index contributed by atoms with van der Waals surface area (Å²) in [6, 6.07) is 14.5. The summed E-state index contributed by atoms with van der Waals surface area (Å²) in [5, 5.41) is 3.05. The van der Waals surface area contributed by atoms with Gasteiger partial charge < -0.3 is 15.1 Å². The first-order chi connectivity index (χ1) is 11.2. The molecule has 0 radical (unpaired) electrons. The smallest absolute Gasteiger partial charge is 0.316 e. The zero-order chi connectivity index (χ0) is 15.8. The molecule has 0 spiro atoms. The number of carbonyl (C=O) groups excluding carboxylic acids is 1. The SMILES string of the molecule is CN1CCc2ccc(NC(=O)N3Cc4ccccc4C3)cc2C1. The van der Waals surface area contributed by atoms with Gasteiger partial charge in [0.05, 0.1) is 0 Å². The third-order valence-electron chi connectivity index (χ3n) is 4.79. The fourth-order valence-electron chi connectivity index (χ4n) is 3.46. The second kappa shape index (κ2) is 5.70. The molecule has 2 aliphatic heterocycles. The Morgan fingerprint density at radius 2 is 1.70 bits per heavy atom. The third kappa shape index (κ3) is 2.82. The average Bonchev–Trinajstić information content (AvgIpc) is 2.98. The summed E-state index contributed by atoms with van der Waals surface area (Å²) in [6.07, 6.45) is 1.08. The van der Waals surface area contributed by atoms with Crippen molar-refractivity contribution >= 4 is 11.7 Å². The number of anilines is 1. The molecule has 4 nitrogen and oxygen atoms in total. The molecule has 0 aliphatic carbocycles. The van der Waals surface area contributed by atoms with Crippen molar-refractivity contribution in [3.63, 3.8) is 0 Å². The molecule has 4 rings (SSSR count). The van der Waals surface area contributed by atoms with E-state index >= 15 is 0 Å². The van der Waals surface area contributed by atoms with Gasteiger partial charge in [0.25, 0.3) is 0 Å². The van der Waals surface area contributed by atoms with Gasteiger partial charge in [0.1, 0.15) is 0 Å². The van der Waals surface area contributed by atoms with E-state index in [4.69, 9.17) is 0 Å². The number of nitrogens with one attached hydrogen (secondary N) is 1. The normalized spacial score (nSPS) is 16.8. The molecule has 0 bridgehead atoms. The lowest BCUT2D eigenvalue weighted by molar-refractivity contribution is 0.212. The van der Waals surface area contributed by atoms with E-state index in [1.165, 1.54) is 22.3 Å². The van der Waals surface area contributed by atoms with Crippen molar-refractivity contribution in [3.05, 3.63) is 64.7 Å². The molecule has 0 fully saturated rings. The molecule has 0 saturated heterocycles. The minimum absolute atomic E-state index is 0.0229. The van der Waals surface area contributed by atoms with Gasteiger partial charge in [0, 0.05) is 31.9 Å². The van der Waals surface area contributed by atoms with Crippen LogP contribution in [0.4, 0.5) is 10.5 Å². The predicted molar refractivity (Wildman–Crippen MR) is 91.2 cm³/mol. The van der Waals surface area contributed by atoms with Gasteiger partial charge in [-0.1, -0.05) is 30.3 Å². The maximum atomic E-state index is 12.5. The predicted octanol–water partition coefficient (Wildman–Crippen LogP) is 3.22. The van der Waals surface area contributed by atoms with Crippen LogP contribution in [0.3, 0.4) is 0 Å². The van der Waals surface area contributed by atoms with Crippen LogP contribution in [0.25, 0.3) is 0 Å². The lowest BCUT2D eigenvalue weighted by atomic mass is 9.99. The lowest BCUT2D eigenvalue weighted by Gasteiger charge is -2.25. The van der Waals surface area contributed by atoms with E-state index in [1.54, 1.807) is 0 Å². The van der Waals surface area contributed by atoms with Crippen molar-refractivity contribution in [2.24, 2.45) is 0 Å². The van der Waals surface area contributed by atoms with Gasteiger partial charge in [-0.3, -0.25) is 0 Å². The summed E-state index contributed by atoms with van der Waals surface area (Å²) in [7, 11) is 2.13. The van der Waals surface area contributed by atoms with Crippen LogP contribution in [0, 0.1) is 0 Å². The Morgan fingerprint density at radius 3 is 2.43 bits per heavy atom. The summed E-state index contributed by atoms with van der Waals surface area (Å²) in [5.41, 5.74) is 6.10. The second-order valence-corrected chi connectivity index (χ2v) is 6.53. The van der Waals surface area contributed by atoms with Crippen LogP contribution in [-0.4, -0.2) is 29.4 Å². The van der Waals surface area contributed by atoms with Crippen LogP contribution in [-0.2, 0) is 26.1 Å². The minimum Gasteiger partial charge on any atom is -0.316 e. The van der Waals surface area contributed by atoms with Crippen molar-refractivity contribution < 1.29 is 4.79 Å². The molecule has 0 atom stereocenters. The lowest BCUT2D eigenvalue weighted by Crippen LogP contribution is -2.30. The van der Waals surface area contributed by atoms with Crippen LogP contribution >= 0.6 is 0 Å². The highest BCUT2D eigenvalue weighted by Crippen LogP contribution is 2.25. The number of nitrogens with zero attached hydrogens (tertiary/aromatic N) is 2. The number of hydrogen-bond acceptors (Lipinski definition) is 2. The Kier molecular flexibility index (Phi) is 3.54. The number of likely N-dealkylation sites (N-methyl/N-ethyl adjacent to an activating group) is 1. The number of benzene rings is 2. The first kappa shape index (κ1) is 14.3. The zero-order valence-corrected chi connectivity index (χ0v) is 13.4. The van der Waals surface area contributed by atoms with Crippen LogP contribution < -0.4 is 5.32 Å². The topological polar surface area (TPSA) is 35.6 Å². The first-order valence-electron chi connectivity index (χ1n) is 8.12. The molecule has 2 heterocycles. The van der Waals surface area contributed by atoms with E-state index in [-0.39, 0.29) is 6.03 Å². The Balaban J connectivity index is 1.47. The van der Waals surface area contributed by atoms with Crippen molar-refractivity contribution in [2.45, 2.75) is 26.1 Å². The molecule has 0 unspecified atom stereocenters. The molecule has 0 saturated carbocycles. The zero-order valence-electron chi connectivity index (χ0n) is 13.4. The Hall–Kier alpha value is -2.33. The number of amides is 2. The number of urea groups is 1. The molecule has 118 valence electrons. The van der Waals surface area contributed by atoms with E-state index in [2.05, 4.69) is 41.5 Å². The van der Waals surface area contributed by atoms with Gasteiger partial charge in [-0.15, -0.1) is 0 Å². The number of fused-ring (bicyclic) bond motifs is 2. The Morgan fingerprint density at radius 1 is 0.957 bits per heavy atom. The second-order valence-electron chi connectivity index (χ2n) is 6.53. The number of carbonyl (C=O) groups is 1. The molecular formula is C19H21N3O. The van der Waals surface area contributed by atoms with Crippen molar-refractivity contribution in [3.8, 4) is 0 Å². The van der Waals surface area contributed by atoms with Gasteiger partial charge in [-0.2, -0.15) is 0 Å². The monoisotopic (exact) mass is 307 g/mol. The summed E-state index contributed by atoms with van der Waals surface area (Å²) < 4.78 is 0. The molecule has 23 heavy (non-hydrogen) atoms. The van der Waals surface area contributed by atoms with E-state index in [9.17, 15) is 4.79 Å². The van der Waals surface area contributed by atoms with Crippen molar-refractivity contribution in [2.75, 3.05) is 18.9 Å². The van der Waals surface area contributed by atoms with Gasteiger partial charge in [0.15, 0.2) is 0 Å². The summed E-state index contributed by atoms with van der Waals surface area (Å²) >= 11 is 0. The van der Waals surface area contributed by atoms with Crippen molar-refractivity contribution in [1.82, 2.24) is 9.80 Å². The highest BCUT2D eigenvalue weighted by atomic mass is 16.2. The molecule has 1 N–H and O–H groups in total. The average molecular weight is 307 g/mol. The highest BCUT2D eigenvalue weighted by molar-refractivity contribution is 5.89. The quantitative estimate of drug-likeness (QED) is 0.878. The summed E-state index contributed by atoms with van der Waals surface area (Å²) in [5.74, 6) is 0. The van der Waals surface area contributed by atoms with Gasteiger partial charge in [0.2, 0.25) is 0 Å². The molecule has 2 aliphatic rings. The molecule has 2 aromatic carbocycles. The van der Waals surface area contributed by atoms with E-state index in [1.807, 2.05) is 23.1 Å². The highest BCUT2D eigenvalue weighted by Gasteiger charge is 2.23. The van der Waals surface area contributed by atoms with Crippen LogP contribution in [0.1, 0.15) is 22.3 Å². The number of hydrogen-bond donors (Lipinski definition) is 1. The largest absolute Gasteiger partial charge is 0.322 e. The van der Waals surface area contributed by atoms with E-state index in [0.717, 1.165) is 25.2 Å². The maximum absolute atomic E-state index is 12.5. The van der Waals surface area contributed by atoms with Crippen LogP contribution in [0.15, 0.2) is 42.5 Å². The molecule has 2 aromatic rings.